The number of anilines is 1. The Morgan fingerprint density at radius 1 is 1.03 bits per heavy atom. The summed E-state index contributed by atoms with van der Waals surface area (Å²) < 4.78 is 8.17. The number of aryl methyl sites for hydroxylation is 1. The Hall–Kier alpha value is -3.74. The minimum atomic E-state index is -0.162. The van der Waals surface area contributed by atoms with Crippen molar-refractivity contribution in [1.82, 2.24) is 9.47 Å². The van der Waals surface area contributed by atoms with Gasteiger partial charge in [-0.05, 0) is 42.5 Å². The molecular formula is C29H26ClN3O3. The fourth-order valence-corrected chi connectivity index (χ4v) is 5.32. The number of allylic oxidation sites excluding steroid dienone is 1. The van der Waals surface area contributed by atoms with Crippen molar-refractivity contribution in [3.05, 3.63) is 94.3 Å². The molecule has 0 spiro atoms. The zero-order valence-electron chi connectivity index (χ0n) is 19.9. The van der Waals surface area contributed by atoms with Crippen LogP contribution in [0.1, 0.15) is 21.5 Å². The summed E-state index contributed by atoms with van der Waals surface area (Å²) in [4.78, 5) is 17.8. The lowest BCUT2D eigenvalue weighted by molar-refractivity contribution is 0.101. The maximum absolute atomic E-state index is 13.2. The molecule has 0 radical (unpaired) electrons. The number of aromatic hydroxyl groups is 1. The van der Waals surface area contributed by atoms with Crippen LogP contribution in [0.3, 0.4) is 0 Å². The van der Waals surface area contributed by atoms with Crippen LogP contribution in [0.15, 0.2) is 72.6 Å². The lowest BCUT2D eigenvalue weighted by Gasteiger charge is -2.36. The number of hydrogen-bond acceptors (Lipinski definition) is 5. The number of benzene rings is 3. The number of carbonyl (C=O) groups is 1. The van der Waals surface area contributed by atoms with Crippen LogP contribution in [0.4, 0.5) is 5.69 Å². The Balaban J connectivity index is 1.23. The van der Waals surface area contributed by atoms with Crippen molar-refractivity contribution >= 4 is 40.1 Å². The standard InChI is InChI=1S/C29H26ClN3O3/c1-31-17-19(22-7-2-3-8-25(22)31)15-27-28(35)23-9-10-26(34)24(29(23)36-27)18-32-11-13-33(14-12-32)21-6-4-5-20(30)16-21/h2-10,15-17,34H,11-14,18H2,1H3/b27-15+. The van der Waals surface area contributed by atoms with Crippen molar-refractivity contribution < 1.29 is 14.6 Å². The number of fused-ring (bicyclic) bond motifs is 2. The monoisotopic (exact) mass is 499 g/mol. The topological polar surface area (TPSA) is 57.9 Å². The number of hydrogen-bond donors (Lipinski definition) is 1. The molecule has 6 rings (SSSR count). The maximum atomic E-state index is 13.2. The zero-order valence-corrected chi connectivity index (χ0v) is 20.7. The van der Waals surface area contributed by atoms with E-state index in [9.17, 15) is 9.90 Å². The Kier molecular flexibility index (Phi) is 5.70. The van der Waals surface area contributed by atoms with E-state index in [1.54, 1.807) is 18.2 Å². The molecule has 3 heterocycles. The van der Waals surface area contributed by atoms with E-state index < -0.39 is 0 Å². The van der Waals surface area contributed by atoms with Gasteiger partial charge in [-0.3, -0.25) is 9.69 Å². The summed E-state index contributed by atoms with van der Waals surface area (Å²) in [7, 11) is 1.98. The SMILES string of the molecule is Cn1cc(/C=C2/Oc3c(ccc(O)c3CN3CCN(c4cccc(Cl)c4)CC3)C2=O)c2ccccc21. The van der Waals surface area contributed by atoms with E-state index in [1.807, 2.05) is 60.3 Å². The van der Waals surface area contributed by atoms with Crippen LogP contribution >= 0.6 is 11.6 Å². The minimum Gasteiger partial charge on any atom is -0.507 e. The molecule has 6 nitrogen and oxygen atoms in total. The van der Waals surface area contributed by atoms with Gasteiger partial charge in [0.2, 0.25) is 5.78 Å². The number of phenols is 1. The van der Waals surface area contributed by atoms with Crippen molar-refractivity contribution in [1.29, 1.82) is 0 Å². The van der Waals surface area contributed by atoms with Crippen LogP contribution in [0, 0.1) is 0 Å². The molecule has 182 valence electrons. The summed E-state index contributed by atoms with van der Waals surface area (Å²) >= 11 is 6.16. The average molecular weight is 500 g/mol. The quantitative estimate of drug-likeness (QED) is 0.377. The van der Waals surface area contributed by atoms with Gasteiger partial charge in [0, 0.05) is 73.1 Å². The summed E-state index contributed by atoms with van der Waals surface area (Å²) in [6.45, 7) is 3.85. The number of halogens is 1. The first-order chi connectivity index (χ1) is 17.5. The van der Waals surface area contributed by atoms with Gasteiger partial charge in [-0.15, -0.1) is 0 Å². The van der Waals surface area contributed by atoms with E-state index in [0.717, 1.165) is 53.4 Å². The van der Waals surface area contributed by atoms with E-state index in [-0.39, 0.29) is 17.3 Å². The maximum Gasteiger partial charge on any atom is 0.231 e. The van der Waals surface area contributed by atoms with E-state index in [4.69, 9.17) is 16.3 Å². The number of phenolic OH excluding ortho intramolecular Hbond substituents is 1. The highest BCUT2D eigenvalue weighted by Crippen LogP contribution is 2.40. The number of piperazine rings is 1. The summed E-state index contributed by atoms with van der Waals surface area (Å²) in [5, 5.41) is 12.5. The van der Waals surface area contributed by atoms with E-state index >= 15 is 0 Å². The molecule has 0 unspecified atom stereocenters. The second-order valence-corrected chi connectivity index (χ2v) is 9.77. The van der Waals surface area contributed by atoms with Crippen molar-refractivity contribution in [2.24, 2.45) is 7.05 Å². The lowest BCUT2D eigenvalue weighted by atomic mass is 10.0. The van der Waals surface area contributed by atoms with Crippen LogP contribution in [0.25, 0.3) is 17.0 Å². The van der Waals surface area contributed by atoms with Gasteiger partial charge < -0.3 is 19.3 Å². The van der Waals surface area contributed by atoms with Gasteiger partial charge in [0.1, 0.15) is 11.5 Å². The molecule has 2 aliphatic heterocycles. The van der Waals surface area contributed by atoms with Crippen molar-refractivity contribution in [3.63, 3.8) is 0 Å². The highest BCUT2D eigenvalue weighted by molar-refractivity contribution is 6.30. The number of ether oxygens (including phenoxy) is 1. The largest absolute Gasteiger partial charge is 0.507 e. The van der Waals surface area contributed by atoms with Gasteiger partial charge in [-0.1, -0.05) is 35.9 Å². The molecule has 0 aliphatic carbocycles. The first-order valence-corrected chi connectivity index (χ1v) is 12.4. The van der Waals surface area contributed by atoms with E-state index in [1.165, 1.54) is 0 Å². The Morgan fingerprint density at radius 2 is 1.83 bits per heavy atom. The summed E-state index contributed by atoms with van der Waals surface area (Å²) in [5.74, 6) is 0.720. The van der Waals surface area contributed by atoms with E-state index in [2.05, 4.69) is 15.9 Å². The van der Waals surface area contributed by atoms with Crippen molar-refractivity contribution in [2.75, 3.05) is 31.1 Å². The van der Waals surface area contributed by atoms with Crippen LogP contribution < -0.4 is 9.64 Å². The number of carbonyl (C=O) groups excluding carboxylic acids is 1. The smallest absolute Gasteiger partial charge is 0.231 e. The molecule has 3 aromatic carbocycles. The molecule has 2 aliphatic rings. The second-order valence-electron chi connectivity index (χ2n) is 9.34. The van der Waals surface area contributed by atoms with Crippen LogP contribution in [0.5, 0.6) is 11.5 Å². The van der Waals surface area contributed by atoms with Gasteiger partial charge in [0.15, 0.2) is 5.76 Å². The Bertz CT molecular complexity index is 1520. The predicted molar refractivity (Wildman–Crippen MR) is 143 cm³/mol. The third kappa shape index (κ3) is 4.02. The summed E-state index contributed by atoms with van der Waals surface area (Å²) in [5.41, 5.74) is 4.27. The third-order valence-corrected chi connectivity index (χ3v) is 7.29. The molecule has 0 atom stereocenters. The van der Waals surface area contributed by atoms with Gasteiger partial charge >= 0.3 is 0 Å². The molecule has 1 saturated heterocycles. The number of Topliss-reactive ketones (excluding diaryl/α,β-unsaturated/α-hetero) is 1. The third-order valence-electron chi connectivity index (χ3n) is 7.06. The molecule has 1 fully saturated rings. The molecule has 4 aromatic rings. The van der Waals surface area contributed by atoms with Crippen LogP contribution in [0.2, 0.25) is 5.02 Å². The number of rotatable bonds is 4. The molecule has 0 saturated carbocycles. The van der Waals surface area contributed by atoms with E-state index in [0.29, 0.717) is 23.4 Å². The lowest BCUT2D eigenvalue weighted by Crippen LogP contribution is -2.46. The number of para-hydroxylation sites is 1. The number of nitrogens with zero attached hydrogens (tertiary/aromatic N) is 3. The first kappa shape index (κ1) is 22.7. The minimum absolute atomic E-state index is 0.144. The fraction of sp³-hybridized carbons (Fsp3) is 0.207. The predicted octanol–water partition coefficient (Wildman–Crippen LogP) is 5.48. The second kappa shape index (κ2) is 9.04. The average Bonchev–Trinajstić information content (AvgIpc) is 3.38. The van der Waals surface area contributed by atoms with Crippen molar-refractivity contribution in [3.8, 4) is 11.5 Å². The first-order valence-electron chi connectivity index (χ1n) is 12.0. The van der Waals surface area contributed by atoms with Gasteiger partial charge in [0.05, 0.1) is 11.1 Å². The zero-order chi connectivity index (χ0) is 24.8. The van der Waals surface area contributed by atoms with Gasteiger partial charge in [0.25, 0.3) is 0 Å². The molecular weight excluding hydrogens is 474 g/mol. The molecule has 1 N–H and O–H groups in total. The van der Waals surface area contributed by atoms with Crippen LogP contribution in [-0.4, -0.2) is 46.5 Å². The molecule has 36 heavy (non-hydrogen) atoms. The molecule has 0 bridgehead atoms. The van der Waals surface area contributed by atoms with Gasteiger partial charge in [-0.25, -0.2) is 0 Å². The Morgan fingerprint density at radius 3 is 2.64 bits per heavy atom. The van der Waals surface area contributed by atoms with Crippen molar-refractivity contribution in [2.45, 2.75) is 6.54 Å². The fourth-order valence-electron chi connectivity index (χ4n) is 5.14. The summed E-state index contributed by atoms with van der Waals surface area (Å²) in [6.07, 6.45) is 3.80. The summed E-state index contributed by atoms with van der Waals surface area (Å²) in [6, 6.07) is 19.2. The normalized spacial score (nSPS) is 17.1. The van der Waals surface area contributed by atoms with Crippen LogP contribution in [-0.2, 0) is 13.6 Å². The van der Waals surface area contributed by atoms with Gasteiger partial charge in [-0.2, -0.15) is 0 Å². The molecule has 0 amide bonds. The molecule has 7 heteroatoms. The Labute approximate surface area is 214 Å². The number of aromatic nitrogens is 1. The highest BCUT2D eigenvalue weighted by atomic mass is 35.5. The molecule has 1 aromatic heterocycles. The highest BCUT2D eigenvalue weighted by Gasteiger charge is 2.32. The number of ketones is 1.